The minimum atomic E-state index is -0.0565. The minimum Gasteiger partial charge on any atom is -0.348 e. The van der Waals surface area contributed by atoms with Crippen LogP contribution in [0.1, 0.15) is 49.6 Å². The molecule has 1 aromatic rings. The van der Waals surface area contributed by atoms with Gasteiger partial charge in [0.25, 0.3) is 5.91 Å². The van der Waals surface area contributed by atoms with Gasteiger partial charge in [-0.05, 0) is 39.2 Å². The third kappa shape index (κ3) is 4.43. The number of aromatic nitrogens is 2. The largest absolute Gasteiger partial charge is 0.348 e. The predicted octanol–water partition coefficient (Wildman–Crippen LogP) is 2.23. The van der Waals surface area contributed by atoms with E-state index in [-0.39, 0.29) is 18.0 Å². The van der Waals surface area contributed by atoms with Crippen LogP contribution in [0.4, 0.5) is 0 Å². The summed E-state index contributed by atoms with van der Waals surface area (Å²) in [5, 5.41) is 7.42. The van der Waals surface area contributed by atoms with Gasteiger partial charge < -0.3 is 10.2 Å². The predicted molar refractivity (Wildman–Crippen MR) is 84.4 cm³/mol. The Kier molecular flexibility index (Phi) is 5.56. The van der Waals surface area contributed by atoms with Gasteiger partial charge >= 0.3 is 0 Å². The Labute approximate surface area is 127 Å². The van der Waals surface area contributed by atoms with E-state index in [1.54, 1.807) is 6.07 Å². The Morgan fingerprint density at radius 1 is 1.52 bits per heavy atom. The maximum atomic E-state index is 12.2. The van der Waals surface area contributed by atoms with Crippen molar-refractivity contribution in [2.24, 2.45) is 0 Å². The van der Waals surface area contributed by atoms with Gasteiger partial charge in [0.15, 0.2) is 0 Å². The first-order valence-electron chi connectivity index (χ1n) is 7.79. The van der Waals surface area contributed by atoms with Gasteiger partial charge in [-0.3, -0.25) is 9.48 Å². The van der Waals surface area contributed by atoms with Gasteiger partial charge in [-0.25, -0.2) is 0 Å². The first kappa shape index (κ1) is 15.8. The number of hydrogen-bond acceptors (Lipinski definition) is 3. The van der Waals surface area contributed by atoms with Crippen molar-refractivity contribution in [3.05, 3.63) is 30.6 Å². The Hall–Kier alpha value is -1.62. The number of nitrogens with zero attached hydrogens (tertiary/aromatic N) is 3. The first-order valence-corrected chi connectivity index (χ1v) is 7.79. The van der Waals surface area contributed by atoms with E-state index in [4.69, 9.17) is 0 Å². The SMILES string of the molecule is C=CCCN1CCC(NC(=O)c2ccn(C(C)C)n2)CC1. The Bertz CT molecular complexity index is 472. The molecule has 21 heavy (non-hydrogen) atoms. The van der Waals surface area contributed by atoms with E-state index in [1.807, 2.05) is 30.8 Å². The lowest BCUT2D eigenvalue weighted by Gasteiger charge is -2.31. The molecule has 1 amide bonds. The lowest BCUT2D eigenvalue weighted by Crippen LogP contribution is -2.44. The maximum absolute atomic E-state index is 12.2. The highest BCUT2D eigenvalue weighted by molar-refractivity contribution is 5.92. The quantitative estimate of drug-likeness (QED) is 0.817. The Balaban J connectivity index is 1.79. The van der Waals surface area contributed by atoms with Crippen LogP contribution in [0.2, 0.25) is 0 Å². The second kappa shape index (κ2) is 7.41. The molecule has 0 spiro atoms. The van der Waals surface area contributed by atoms with Gasteiger partial charge in [-0.15, -0.1) is 6.58 Å². The molecule has 1 saturated heterocycles. The van der Waals surface area contributed by atoms with Crippen molar-refractivity contribution in [1.82, 2.24) is 20.0 Å². The van der Waals surface area contributed by atoms with Crippen LogP contribution in [-0.4, -0.2) is 46.3 Å². The summed E-state index contributed by atoms with van der Waals surface area (Å²) in [4.78, 5) is 14.6. The minimum absolute atomic E-state index is 0.0565. The van der Waals surface area contributed by atoms with Gasteiger partial charge in [0.05, 0.1) is 0 Å². The zero-order chi connectivity index (χ0) is 15.2. The zero-order valence-electron chi connectivity index (χ0n) is 13.1. The zero-order valence-corrected chi connectivity index (χ0v) is 13.1. The van der Waals surface area contributed by atoms with Crippen LogP contribution in [0, 0.1) is 0 Å². The number of carbonyl (C=O) groups is 1. The summed E-state index contributed by atoms with van der Waals surface area (Å²) >= 11 is 0. The standard InChI is InChI=1S/C16H26N4O/c1-4-5-9-19-10-6-14(7-11-19)17-16(21)15-8-12-20(18-15)13(2)3/h4,8,12-14H,1,5-7,9-11H2,2-3H3,(H,17,21). The fourth-order valence-corrected chi connectivity index (χ4v) is 2.58. The van der Waals surface area contributed by atoms with Crippen LogP contribution in [0.5, 0.6) is 0 Å². The van der Waals surface area contributed by atoms with Crippen LogP contribution < -0.4 is 5.32 Å². The second-order valence-corrected chi connectivity index (χ2v) is 5.94. The molecule has 0 aromatic carbocycles. The van der Waals surface area contributed by atoms with E-state index in [0.29, 0.717) is 5.69 Å². The normalized spacial score (nSPS) is 17.1. The van der Waals surface area contributed by atoms with Gasteiger partial charge in [0.2, 0.25) is 0 Å². The lowest BCUT2D eigenvalue weighted by molar-refractivity contribution is 0.0905. The van der Waals surface area contributed by atoms with Gasteiger partial charge in [-0.1, -0.05) is 6.08 Å². The molecule has 116 valence electrons. The summed E-state index contributed by atoms with van der Waals surface area (Å²) in [6.07, 6.45) is 6.86. The molecule has 1 aliphatic rings. The van der Waals surface area contributed by atoms with Crippen molar-refractivity contribution in [1.29, 1.82) is 0 Å². The molecule has 1 aromatic heterocycles. The summed E-state index contributed by atoms with van der Waals surface area (Å²) in [7, 11) is 0. The van der Waals surface area contributed by atoms with Gasteiger partial charge in [0.1, 0.15) is 5.69 Å². The van der Waals surface area contributed by atoms with Crippen LogP contribution >= 0.6 is 0 Å². The van der Waals surface area contributed by atoms with E-state index in [1.165, 1.54) is 0 Å². The summed E-state index contributed by atoms with van der Waals surface area (Å²) in [6, 6.07) is 2.33. The molecule has 2 rings (SSSR count). The molecule has 5 nitrogen and oxygen atoms in total. The van der Waals surface area contributed by atoms with E-state index >= 15 is 0 Å². The number of piperidine rings is 1. The monoisotopic (exact) mass is 290 g/mol. The number of nitrogens with one attached hydrogen (secondary N) is 1. The number of amides is 1. The van der Waals surface area contributed by atoms with Crippen LogP contribution in [0.15, 0.2) is 24.9 Å². The molecule has 0 atom stereocenters. The number of carbonyl (C=O) groups excluding carboxylic acids is 1. The average molecular weight is 290 g/mol. The fraction of sp³-hybridized carbons (Fsp3) is 0.625. The molecule has 1 aliphatic heterocycles. The number of rotatable bonds is 6. The second-order valence-electron chi connectivity index (χ2n) is 5.94. The molecule has 0 bridgehead atoms. The average Bonchev–Trinajstić information content (AvgIpc) is 2.97. The van der Waals surface area contributed by atoms with Crippen LogP contribution in [0.3, 0.4) is 0 Å². The smallest absolute Gasteiger partial charge is 0.271 e. The van der Waals surface area contributed by atoms with E-state index < -0.39 is 0 Å². The molecule has 0 saturated carbocycles. The van der Waals surface area contributed by atoms with E-state index in [2.05, 4.69) is 21.9 Å². The van der Waals surface area contributed by atoms with Crippen molar-refractivity contribution in [2.45, 2.75) is 45.2 Å². The third-order valence-corrected chi connectivity index (χ3v) is 3.94. The van der Waals surface area contributed by atoms with Crippen molar-refractivity contribution in [3.8, 4) is 0 Å². The molecular weight excluding hydrogens is 264 g/mol. The third-order valence-electron chi connectivity index (χ3n) is 3.94. The topological polar surface area (TPSA) is 50.2 Å². The van der Waals surface area contributed by atoms with E-state index in [0.717, 1.165) is 38.9 Å². The highest BCUT2D eigenvalue weighted by atomic mass is 16.2. The highest BCUT2D eigenvalue weighted by Crippen LogP contribution is 2.12. The van der Waals surface area contributed by atoms with Crippen molar-refractivity contribution < 1.29 is 4.79 Å². The summed E-state index contributed by atoms with van der Waals surface area (Å²) in [5.41, 5.74) is 0.512. The molecule has 0 radical (unpaired) electrons. The molecule has 0 aliphatic carbocycles. The summed E-state index contributed by atoms with van der Waals surface area (Å²) < 4.78 is 1.81. The number of hydrogen-bond donors (Lipinski definition) is 1. The van der Waals surface area contributed by atoms with Crippen molar-refractivity contribution in [3.63, 3.8) is 0 Å². The van der Waals surface area contributed by atoms with Gasteiger partial charge in [-0.2, -0.15) is 5.10 Å². The fourth-order valence-electron chi connectivity index (χ4n) is 2.58. The molecule has 5 heteroatoms. The van der Waals surface area contributed by atoms with E-state index in [9.17, 15) is 4.79 Å². The molecular formula is C16H26N4O. The summed E-state index contributed by atoms with van der Waals surface area (Å²) in [5.74, 6) is -0.0565. The first-order chi connectivity index (χ1) is 10.1. The maximum Gasteiger partial charge on any atom is 0.271 e. The van der Waals surface area contributed by atoms with Crippen molar-refractivity contribution >= 4 is 5.91 Å². The molecule has 2 heterocycles. The molecule has 1 N–H and O–H groups in total. The van der Waals surface area contributed by atoms with Gasteiger partial charge in [0, 0.05) is 37.9 Å². The Morgan fingerprint density at radius 3 is 2.81 bits per heavy atom. The lowest BCUT2D eigenvalue weighted by atomic mass is 10.0. The Morgan fingerprint density at radius 2 is 2.24 bits per heavy atom. The number of likely N-dealkylation sites (tertiary alicyclic amines) is 1. The molecule has 0 unspecified atom stereocenters. The highest BCUT2D eigenvalue weighted by Gasteiger charge is 2.21. The summed E-state index contributed by atoms with van der Waals surface area (Å²) in [6.45, 7) is 11.0. The van der Waals surface area contributed by atoms with Crippen LogP contribution in [-0.2, 0) is 0 Å². The van der Waals surface area contributed by atoms with Crippen LogP contribution in [0.25, 0.3) is 0 Å². The molecule has 1 fully saturated rings. The van der Waals surface area contributed by atoms with Crippen molar-refractivity contribution in [2.75, 3.05) is 19.6 Å².